The van der Waals surface area contributed by atoms with Crippen LogP contribution in [0.25, 0.3) is 28.2 Å². The monoisotopic (exact) mass is 599 g/mol. The van der Waals surface area contributed by atoms with E-state index in [1.165, 1.54) is 22.3 Å². The van der Waals surface area contributed by atoms with Gasteiger partial charge in [0.15, 0.2) is 0 Å². The van der Waals surface area contributed by atoms with E-state index in [0.717, 1.165) is 26.5 Å². The number of carbonyl (C=O) groups is 1. The summed E-state index contributed by atoms with van der Waals surface area (Å²) in [6, 6.07) is 18.6. The molecule has 0 bridgehead atoms. The number of benzene rings is 2. The van der Waals surface area contributed by atoms with E-state index in [1.807, 2.05) is 70.3 Å². The first-order valence-corrected chi connectivity index (χ1v) is 14.2. The van der Waals surface area contributed by atoms with E-state index < -0.39 is 24.4 Å². The number of aromatic amines is 1. The summed E-state index contributed by atoms with van der Waals surface area (Å²) in [7, 11) is -0.635. The number of alkyl carbamates (subject to hydrolysis) is 1. The summed E-state index contributed by atoms with van der Waals surface area (Å²) in [6.07, 6.45) is 5.13. The molecule has 204 valence electrons. The fourth-order valence-electron chi connectivity index (χ4n) is 5.34. The highest BCUT2D eigenvalue weighted by atomic mass is 79.9. The van der Waals surface area contributed by atoms with E-state index in [-0.39, 0.29) is 19.1 Å². The van der Waals surface area contributed by atoms with Crippen LogP contribution in [0.2, 0.25) is 0 Å². The zero-order chi connectivity index (χ0) is 28.1. The molecule has 7 nitrogen and oxygen atoms in total. The Morgan fingerprint density at radius 3 is 2.35 bits per heavy atom. The molecule has 0 radical (unpaired) electrons. The van der Waals surface area contributed by atoms with Gasteiger partial charge in [0.05, 0.1) is 11.2 Å². The van der Waals surface area contributed by atoms with E-state index in [1.54, 1.807) is 6.20 Å². The molecule has 2 N–H and O–H groups in total. The summed E-state index contributed by atoms with van der Waals surface area (Å²) in [5.74, 6) is -0.00609. The van der Waals surface area contributed by atoms with Crippen LogP contribution in [0.15, 0.2) is 76.9 Å². The van der Waals surface area contributed by atoms with Gasteiger partial charge < -0.3 is 24.3 Å². The lowest BCUT2D eigenvalue weighted by Crippen LogP contribution is -2.41. The predicted octanol–water partition coefficient (Wildman–Crippen LogP) is 6.88. The number of amides is 1. The van der Waals surface area contributed by atoms with Crippen LogP contribution < -0.4 is 5.32 Å². The molecule has 1 aliphatic heterocycles. The second kappa shape index (κ2) is 10.2. The van der Waals surface area contributed by atoms with Gasteiger partial charge in [-0.2, -0.15) is 0 Å². The highest BCUT2D eigenvalue weighted by Crippen LogP contribution is 2.44. The zero-order valence-corrected chi connectivity index (χ0v) is 24.5. The van der Waals surface area contributed by atoms with Crippen molar-refractivity contribution in [2.24, 2.45) is 0 Å². The third-order valence-electron chi connectivity index (χ3n) is 8.21. The number of nitrogens with one attached hydrogen (secondary N) is 2. The lowest BCUT2D eigenvalue weighted by molar-refractivity contribution is 0.00578. The molecule has 40 heavy (non-hydrogen) atoms. The van der Waals surface area contributed by atoms with E-state index in [2.05, 4.69) is 55.5 Å². The Hall–Kier alpha value is -3.40. The third kappa shape index (κ3) is 4.87. The highest BCUT2D eigenvalue weighted by Gasteiger charge is 2.52. The standard InChI is InChI=1S/C31H31BBrN3O4/c1-30(2)31(3,4)40-32(39-30)20(13-19-15-34-28-26(19)14-21(33)17-35-28)16-36-29(37)38-18-27-24-11-7-5-9-22(24)23-10-6-8-12-25(23)27/h5-15,17,27H,16,18H2,1-4H3,(H,34,35)(H,36,37). The van der Waals surface area contributed by atoms with E-state index in [4.69, 9.17) is 14.0 Å². The van der Waals surface area contributed by atoms with E-state index in [9.17, 15) is 4.79 Å². The minimum Gasteiger partial charge on any atom is -0.449 e. The normalized spacial score (nSPS) is 17.6. The molecule has 1 saturated heterocycles. The number of halogens is 1. The Balaban J connectivity index is 1.21. The summed E-state index contributed by atoms with van der Waals surface area (Å²) in [5, 5.41) is 3.88. The van der Waals surface area contributed by atoms with Crippen LogP contribution in [0.3, 0.4) is 0 Å². The van der Waals surface area contributed by atoms with Gasteiger partial charge in [0.1, 0.15) is 12.3 Å². The van der Waals surface area contributed by atoms with Crippen molar-refractivity contribution >= 4 is 46.3 Å². The topological polar surface area (TPSA) is 85.5 Å². The molecule has 4 aromatic rings. The molecule has 1 aliphatic carbocycles. The van der Waals surface area contributed by atoms with E-state index in [0.29, 0.717) is 0 Å². The largest absolute Gasteiger partial charge is 0.492 e. The molecule has 2 aromatic carbocycles. The van der Waals surface area contributed by atoms with Gasteiger partial charge in [0.25, 0.3) is 0 Å². The molecule has 9 heteroatoms. The van der Waals surface area contributed by atoms with Crippen molar-refractivity contribution in [1.29, 1.82) is 0 Å². The Labute approximate surface area is 242 Å². The Bertz CT molecular complexity index is 1570. The SMILES string of the molecule is CC1(C)OB(C(=Cc2c[nH]c3ncc(Br)cc23)CNC(=O)OCC2c3ccccc3-c3ccccc32)OC1(C)C. The summed E-state index contributed by atoms with van der Waals surface area (Å²) in [4.78, 5) is 20.6. The number of pyridine rings is 1. The third-order valence-corrected chi connectivity index (χ3v) is 8.64. The van der Waals surface area contributed by atoms with Gasteiger partial charge in [-0.05, 0) is 77.4 Å². The molecule has 3 heterocycles. The number of hydrogen-bond acceptors (Lipinski definition) is 5. The number of rotatable bonds is 6. The summed E-state index contributed by atoms with van der Waals surface area (Å²) < 4.78 is 19.3. The maximum atomic E-state index is 13.0. The van der Waals surface area contributed by atoms with Crippen molar-refractivity contribution in [3.05, 3.63) is 93.6 Å². The van der Waals surface area contributed by atoms with Crippen molar-refractivity contribution in [3.63, 3.8) is 0 Å². The number of aromatic nitrogens is 2. The second-order valence-corrected chi connectivity index (χ2v) is 12.2. The minimum atomic E-state index is -0.635. The number of ether oxygens (including phenoxy) is 1. The first-order valence-electron chi connectivity index (χ1n) is 13.4. The molecule has 1 fully saturated rings. The van der Waals surface area contributed by atoms with Crippen molar-refractivity contribution in [1.82, 2.24) is 15.3 Å². The van der Waals surface area contributed by atoms with Crippen LogP contribution in [0.5, 0.6) is 0 Å². The first kappa shape index (κ1) is 26.8. The van der Waals surface area contributed by atoms with Crippen LogP contribution in [0, 0.1) is 0 Å². The van der Waals surface area contributed by atoms with Crippen molar-refractivity contribution in [2.75, 3.05) is 13.2 Å². The molecule has 6 rings (SSSR count). The molecular weight excluding hydrogens is 569 g/mol. The highest BCUT2D eigenvalue weighted by molar-refractivity contribution is 9.10. The molecule has 0 atom stereocenters. The Kier molecular flexibility index (Phi) is 6.85. The first-order chi connectivity index (χ1) is 19.1. The smallest absolute Gasteiger partial charge is 0.449 e. The van der Waals surface area contributed by atoms with Crippen LogP contribution in [0.1, 0.15) is 50.3 Å². The summed E-state index contributed by atoms with van der Waals surface area (Å²) >= 11 is 3.51. The van der Waals surface area contributed by atoms with Gasteiger partial charge >= 0.3 is 13.2 Å². The van der Waals surface area contributed by atoms with Crippen LogP contribution in [-0.2, 0) is 14.0 Å². The lowest BCUT2D eigenvalue weighted by Gasteiger charge is -2.32. The molecular formula is C31H31BBrN3O4. The molecule has 0 unspecified atom stereocenters. The fourth-order valence-corrected chi connectivity index (χ4v) is 5.67. The zero-order valence-electron chi connectivity index (χ0n) is 23.0. The number of nitrogens with zero attached hydrogens (tertiary/aromatic N) is 1. The molecule has 0 spiro atoms. The van der Waals surface area contributed by atoms with Gasteiger partial charge in [0, 0.05) is 40.3 Å². The van der Waals surface area contributed by atoms with Crippen LogP contribution in [0.4, 0.5) is 4.79 Å². The average molecular weight is 600 g/mol. The molecule has 1 amide bonds. The maximum absolute atomic E-state index is 13.0. The average Bonchev–Trinajstić information content (AvgIpc) is 3.54. The number of fused-ring (bicyclic) bond motifs is 4. The van der Waals surface area contributed by atoms with Crippen molar-refractivity contribution in [3.8, 4) is 11.1 Å². The van der Waals surface area contributed by atoms with Gasteiger partial charge in [-0.1, -0.05) is 54.6 Å². The number of H-pyrrole nitrogens is 1. The van der Waals surface area contributed by atoms with Crippen LogP contribution >= 0.6 is 15.9 Å². The second-order valence-electron chi connectivity index (χ2n) is 11.3. The van der Waals surface area contributed by atoms with Gasteiger partial charge in [-0.3, -0.25) is 0 Å². The molecule has 2 aromatic heterocycles. The van der Waals surface area contributed by atoms with Gasteiger partial charge in [-0.25, -0.2) is 9.78 Å². The number of carbonyl (C=O) groups excluding carboxylic acids is 1. The maximum Gasteiger partial charge on any atom is 0.492 e. The van der Waals surface area contributed by atoms with Crippen molar-refractivity contribution in [2.45, 2.75) is 44.8 Å². The Morgan fingerprint density at radius 1 is 1.07 bits per heavy atom. The Morgan fingerprint density at radius 2 is 1.70 bits per heavy atom. The fraction of sp³-hybridized carbons (Fsp3) is 0.290. The molecule has 2 aliphatic rings. The lowest BCUT2D eigenvalue weighted by atomic mass is 9.77. The number of hydrogen-bond donors (Lipinski definition) is 2. The summed E-state index contributed by atoms with van der Waals surface area (Å²) in [6.45, 7) is 8.48. The summed E-state index contributed by atoms with van der Waals surface area (Å²) in [5.41, 5.74) is 6.15. The minimum absolute atomic E-state index is 0.00609. The van der Waals surface area contributed by atoms with Crippen LogP contribution in [-0.4, -0.2) is 47.5 Å². The van der Waals surface area contributed by atoms with E-state index >= 15 is 0 Å². The van der Waals surface area contributed by atoms with Gasteiger partial charge in [0.2, 0.25) is 0 Å². The molecule has 0 saturated carbocycles. The van der Waals surface area contributed by atoms with Crippen molar-refractivity contribution < 1.29 is 18.8 Å². The van der Waals surface area contributed by atoms with Gasteiger partial charge in [-0.15, -0.1) is 0 Å². The predicted molar refractivity (Wildman–Crippen MR) is 161 cm³/mol. The quantitative estimate of drug-likeness (QED) is 0.236.